The number of benzene rings is 2. The number of esters is 1. The number of hydrogen-bond acceptors (Lipinski definition) is 5. The summed E-state index contributed by atoms with van der Waals surface area (Å²) in [6.07, 6.45) is 1.93. The lowest BCUT2D eigenvalue weighted by atomic mass is 9.87. The molecule has 0 spiro atoms. The molecule has 2 aromatic carbocycles. The molecular weight excluding hydrogens is 400 g/mol. The van der Waals surface area contributed by atoms with Crippen molar-refractivity contribution in [3.05, 3.63) is 59.7 Å². The van der Waals surface area contributed by atoms with E-state index in [0.29, 0.717) is 11.3 Å². The highest BCUT2D eigenvalue weighted by atomic mass is 32.2. The van der Waals surface area contributed by atoms with Gasteiger partial charge in [-0.2, -0.15) is 0 Å². The van der Waals surface area contributed by atoms with Crippen molar-refractivity contribution in [1.29, 1.82) is 0 Å². The number of carbonyl (C=O) groups is 3. The normalized spacial score (nSPS) is 10.9. The Morgan fingerprint density at radius 1 is 1.03 bits per heavy atom. The van der Waals surface area contributed by atoms with Gasteiger partial charge in [0.05, 0.1) is 6.42 Å². The predicted octanol–water partition coefficient (Wildman–Crippen LogP) is 4.01. The van der Waals surface area contributed by atoms with E-state index in [2.05, 4.69) is 31.4 Å². The maximum Gasteiger partial charge on any atom is 0.308 e. The van der Waals surface area contributed by atoms with Gasteiger partial charge in [0.25, 0.3) is 11.8 Å². The van der Waals surface area contributed by atoms with Crippen LogP contribution in [0.1, 0.15) is 43.1 Å². The molecule has 2 amide bonds. The molecule has 0 aliphatic rings. The topological polar surface area (TPSA) is 84.5 Å². The van der Waals surface area contributed by atoms with Crippen molar-refractivity contribution in [3.8, 4) is 0 Å². The van der Waals surface area contributed by atoms with Gasteiger partial charge in [-0.15, -0.1) is 11.8 Å². The number of nitrogens with one attached hydrogen (secondary N) is 2. The van der Waals surface area contributed by atoms with E-state index in [-0.39, 0.29) is 30.9 Å². The number of rotatable bonds is 8. The molecule has 6 nitrogen and oxygen atoms in total. The van der Waals surface area contributed by atoms with Crippen LogP contribution >= 0.6 is 11.8 Å². The molecule has 2 rings (SSSR count). The van der Waals surface area contributed by atoms with Crippen LogP contribution in [0.4, 0.5) is 5.69 Å². The van der Waals surface area contributed by atoms with Gasteiger partial charge >= 0.3 is 5.97 Å². The smallest absolute Gasteiger partial charge is 0.308 e. The lowest BCUT2D eigenvalue weighted by Crippen LogP contribution is -2.27. The van der Waals surface area contributed by atoms with Gasteiger partial charge in [0.15, 0.2) is 6.61 Å². The number of anilines is 1. The number of carbonyl (C=O) groups excluding carboxylic acids is 3. The van der Waals surface area contributed by atoms with Crippen LogP contribution in [0.15, 0.2) is 53.4 Å². The summed E-state index contributed by atoms with van der Waals surface area (Å²) in [7, 11) is 0. The van der Waals surface area contributed by atoms with Gasteiger partial charge < -0.3 is 15.4 Å². The molecular formula is C23H28N2O4S. The second-order valence-corrected chi connectivity index (χ2v) is 8.65. The second kappa shape index (κ2) is 10.8. The van der Waals surface area contributed by atoms with E-state index < -0.39 is 11.9 Å². The third kappa shape index (κ3) is 7.55. The Hall–Kier alpha value is -2.80. The standard InChI is InChI=1S/C23H28N2O4S/c1-23(2,3)17-10-8-16(9-11-17)22(28)24-13-12-21(27)29-15-20(26)25-18-6-5-7-19(14-18)30-4/h5-11,14H,12-13,15H2,1-4H3,(H,24,28)(H,25,26). The Kier molecular flexibility index (Phi) is 8.47. The molecule has 0 saturated heterocycles. The van der Waals surface area contributed by atoms with Gasteiger partial charge in [-0.25, -0.2) is 0 Å². The molecule has 0 saturated carbocycles. The molecule has 0 unspecified atom stereocenters. The quantitative estimate of drug-likeness (QED) is 0.490. The van der Waals surface area contributed by atoms with E-state index in [9.17, 15) is 14.4 Å². The molecule has 7 heteroatoms. The zero-order valence-electron chi connectivity index (χ0n) is 17.8. The van der Waals surface area contributed by atoms with Crippen LogP contribution in [0.25, 0.3) is 0 Å². The van der Waals surface area contributed by atoms with Crippen LogP contribution in [-0.2, 0) is 19.7 Å². The molecule has 0 aliphatic heterocycles. The van der Waals surface area contributed by atoms with Gasteiger partial charge in [0.1, 0.15) is 0 Å². The van der Waals surface area contributed by atoms with E-state index in [0.717, 1.165) is 10.5 Å². The highest BCUT2D eigenvalue weighted by molar-refractivity contribution is 7.98. The fourth-order valence-corrected chi connectivity index (χ4v) is 3.08. The van der Waals surface area contributed by atoms with Gasteiger partial charge in [0.2, 0.25) is 0 Å². The minimum absolute atomic E-state index is 0.0128. The summed E-state index contributed by atoms with van der Waals surface area (Å²) in [4.78, 5) is 36.9. The molecule has 160 valence electrons. The average molecular weight is 429 g/mol. The van der Waals surface area contributed by atoms with E-state index in [1.807, 2.05) is 36.6 Å². The summed E-state index contributed by atoms with van der Waals surface area (Å²) in [6, 6.07) is 14.8. The van der Waals surface area contributed by atoms with Crippen molar-refractivity contribution in [2.45, 2.75) is 37.5 Å². The second-order valence-electron chi connectivity index (χ2n) is 7.77. The molecule has 0 bridgehead atoms. The predicted molar refractivity (Wildman–Crippen MR) is 120 cm³/mol. The molecule has 0 heterocycles. The third-order valence-corrected chi connectivity index (χ3v) is 5.07. The number of ether oxygens (including phenoxy) is 1. The van der Waals surface area contributed by atoms with Crippen molar-refractivity contribution >= 4 is 35.2 Å². The van der Waals surface area contributed by atoms with Crippen LogP contribution in [0.5, 0.6) is 0 Å². The van der Waals surface area contributed by atoms with Crippen LogP contribution in [0.3, 0.4) is 0 Å². The van der Waals surface area contributed by atoms with E-state index >= 15 is 0 Å². The molecule has 0 radical (unpaired) electrons. The minimum Gasteiger partial charge on any atom is -0.456 e. The first-order valence-electron chi connectivity index (χ1n) is 9.67. The Labute approximate surface area is 181 Å². The largest absolute Gasteiger partial charge is 0.456 e. The Morgan fingerprint density at radius 3 is 2.37 bits per heavy atom. The van der Waals surface area contributed by atoms with E-state index in [4.69, 9.17) is 4.74 Å². The lowest BCUT2D eigenvalue weighted by molar-refractivity contribution is -0.147. The number of amides is 2. The molecule has 2 aromatic rings. The Bertz CT molecular complexity index is 889. The fourth-order valence-electron chi connectivity index (χ4n) is 2.62. The van der Waals surface area contributed by atoms with E-state index in [1.54, 1.807) is 30.0 Å². The summed E-state index contributed by atoms with van der Waals surface area (Å²) < 4.78 is 4.97. The number of hydrogen-bond donors (Lipinski definition) is 2. The summed E-state index contributed by atoms with van der Waals surface area (Å²) in [6.45, 7) is 6.08. The van der Waals surface area contributed by atoms with Gasteiger partial charge in [0, 0.05) is 22.7 Å². The Balaban J connectivity index is 1.70. The van der Waals surface area contributed by atoms with Crippen LogP contribution in [0.2, 0.25) is 0 Å². The first-order valence-corrected chi connectivity index (χ1v) is 10.9. The molecule has 0 aromatic heterocycles. The molecule has 0 atom stereocenters. The van der Waals surface area contributed by atoms with Crippen LogP contribution in [0, 0.1) is 0 Å². The Morgan fingerprint density at radius 2 is 1.73 bits per heavy atom. The fraction of sp³-hybridized carbons (Fsp3) is 0.348. The molecule has 2 N–H and O–H groups in total. The maximum atomic E-state index is 12.2. The van der Waals surface area contributed by atoms with Gasteiger partial charge in [-0.1, -0.05) is 39.0 Å². The van der Waals surface area contributed by atoms with Gasteiger partial charge in [-0.3, -0.25) is 14.4 Å². The summed E-state index contributed by atoms with van der Waals surface area (Å²) in [5.41, 5.74) is 2.33. The lowest BCUT2D eigenvalue weighted by Gasteiger charge is -2.19. The van der Waals surface area contributed by atoms with Gasteiger partial charge in [-0.05, 0) is 47.6 Å². The first-order chi connectivity index (χ1) is 14.2. The summed E-state index contributed by atoms with van der Waals surface area (Å²) in [5.74, 6) is -1.22. The van der Waals surface area contributed by atoms with Crippen molar-refractivity contribution < 1.29 is 19.1 Å². The maximum absolute atomic E-state index is 12.2. The van der Waals surface area contributed by atoms with Crippen LogP contribution < -0.4 is 10.6 Å². The molecule has 30 heavy (non-hydrogen) atoms. The zero-order valence-corrected chi connectivity index (χ0v) is 18.6. The van der Waals surface area contributed by atoms with E-state index in [1.165, 1.54) is 0 Å². The number of thioether (sulfide) groups is 1. The zero-order chi connectivity index (χ0) is 22.1. The molecule has 0 aliphatic carbocycles. The van der Waals surface area contributed by atoms with Crippen molar-refractivity contribution in [3.63, 3.8) is 0 Å². The van der Waals surface area contributed by atoms with Crippen LogP contribution in [-0.4, -0.2) is 37.2 Å². The first kappa shape index (κ1) is 23.5. The monoisotopic (exact) mass is 428 g/mol. The minimum atomic E-state index is -0.550. The summed E-state index contributed by atoms with van der Waals surface area (Å²) >= 11 is 1.57. The highest BCUT2D eigenvalue weighted by Gasteiger charge is 2.14. The third-order valence-electron chi connectivity index (χ3n) is 4.35. The SMILES string of the molecule is CSc1cccc(NC(=O)COC(=O)CCNC(=O)c2ccc(C(C)(C)C)cc2)c1. The van der Waals surface area contributed by atoms with Crippen molar-refractivity contribution in [1.82, 2.24) is 5.32 Å². The van der Waals surface area contributed by atoms with Crippen molar-refractivity contribution in [2.75, 3.05) is 24.7 Å². The highest BCUT2D eigenvalue weighted by Crippen LogP contribution is 2.22. The molecule has 0 fully saturated rings. The summed E-state index contributed by atoms with van der Waals surface area (Å²) in [5, 5.41) is 5.37. The van der Waals surface area contributed by atoms with Crippen molar-refractivity contribution in [2.24, 2.45) is 0 Å². The average Bonchev–Trinajstić information content (AvgIpc) is 2.71.